The number of nitrogens with zero attached hydrogens (tertiary/aromatic N) is 4. The molecule has 1 amide bonds. The van der Waals surface area contributed by atoms with Crippen molar-refractivity contribution in [3.63, 3.8) is 0 Å². The molecule has 0 bridgehead atoms. The predicted octanol–water partition coefficient (Wildman–Crippen LogP) is 4.16. The van der Waals surface area contributed by atoms with E-state index in [-0.39, 0.29) is 5.69 Å². The van der Waals surface area contributed by atoms with Crippen LogP contribution in [0.15, 0.2) is 60.8 Å². The van der Waals surface area contributed by atoms with E-state index < -0.39 is 23.3 Å². The number of alkyl halides is 3. The summed E-state index contributed by atoms with van der Waals surface area (Å²) >= 11 is 0. The van der Waals surface area contributed by atoms with Crippen LogP contribution >= 0.6 is 0 Å². The SMILES string of the molecule is Cc1ccc(-n2ncc(C(=O)N3CCN(c4ccccc4)CC3)c2C(F)(F)F)cc1. The van der Waals surface area contributed by atoms with Crippen molar-refractivity contribution < 1.29 is 18.0 Å². The summed E-state index contributed by atoms with van der Waals surface area (Å²) < 4.78 is 42.4. The van der Waals surface area contributed by atoms with Crippen LogP contribution < -0.4 is 4.90 Å². The van der Waals surface area contributed by atoms with Gasteiger partial charge in [-0.15, -0.1) is 0 Å². The zero-order valence-electron chi connectivity index (χ0n) is 16.4. The van der Waals surface area contributed by atoms with Gasteiger partial charge in [0.15, 0.2) is 5.69 Å². The number of amides is 1. The highest BCUT2D eigenvalue weighted by Crippen LogP contribution is 2.34. The highest BCUT2D eigenvalue weighted by Gasteiger charge is 2.41. The van der Waals surface area contributed by atoms with Gasteiger partial charge in [0.2, 0.25) is 0 Å². The molecule has 1 aliphatic heterocycles. The van der Waals surface area contributed by atoms with Gasteiger partial charge in [-0.1, -0.05) is 35.9 Å². The van der Waals surface area contributed by atoms with Crippen LogP contribution in [0.5, 0.6) is 0 Å². The first kappa shape index (κ1) is 20.0. The van der Waals surface area contributed by atoms with Crippen molar-refractivity contribution in [3.05, 3.63) is 77.6 Å². The average Bonchev–Trinajstić information content (AvgIpc) is 3.20. The fourth-order valence-corrected chi connectivity index (χ4v) is 3.64. The second-order valence-electron chi connectivity index (χ2n) is 7.27. The fraction of sp³-hybridized carbons (Fsp3) is 0.273. The van der Waals surface area contributed by atoms with Gasteiger partial charge in [0, 0.05) is 31.9 Å². The Hall–Kier alpha value is -3.29. The predicted molar refractivity (Wildman–Crippen MR) is 108 cm³/mol. The minimum Gasteiger partial charge on any atom is -0.368 e. The minimum absolute atomic E-state index is 0.265. The zero-order valence-corrected chi connectivity index (χ0v) is 16.4. The van der Waals surface area contributed by atoms with Crippen molar-refractivity contribution >= 4 is 11.6 Å². The van der Waals surface area contributed by atoms with E-state index in [9.17, 15) is 18.0 Å². The number of carbonyl (C=O) groups is 1. The first-order valence-electron chi connectivity index (χ1n) is 9.66. The Labute approximate surface area is 172 Å². The van der Waals surface area contributed by atoms with E-state index >= 15 is 0 Å². The van der Waals surface area contributed by atoms with Gasteiger partial charge >= 0.3 is 6.18 Å². The Morgan fingerprint density at radius 1 is 0.900 bits per heavy atom. The van der Waals surface area contributed by atoms with E-state index in [1.165, 1.54) is 4.90 Å². The summed E-state index contributed by atoms with van der Waals surface area (Å²) in [6, 6.07) is 16.3. The Kier molecular flexibility index (Phi) is 5.24. The van der Waals surface area contributed by atoms with Crippen LogP contribution in [-0.4, -0.2) is 46.8 Å². The number of hydrogen-bond acceptors (Lipinski definition) is 3. The Balaban J connectivity index is 1.58. The summed E-state index contributed by atoms with van der Waals surface area (Å²) in [7, 11) is 0. The number of rotatable bonds is 3. The lowest BCUT2D eigenvalue weighted by atomic mass is 10.1. The molecule has 2 aromatic carbocycles. The van der Waals surface area contributed by atoms with Gasteiger partial charge in [0.05, 0.1) is 17.4 Å². The van der Waals surface area contributed by atoms with Crippen LogP contribution in [0.3, 0.4) is 0 Å². The van der Waals surface area contributed by atoms with Gasteiger partial charge < -0.3 is 9.80 Å². The van der Waals surface area contributed by atoms with Crippen molar-refractivity contribution in [2.45, 2.75) is 13.1 Å². The van der Waals surface area contributed by atoms with Gasteiger partial charge in [-0.2, -0.15) is 18.3 Å². The summed E-state index contributed by atoms with van der Waals surface area (Å²) in [6.07, 6.45) is -3.69. The van der Waals surface area contributed by atoms with E-state index in [2.05, 4.69) is 10.00 Å². The average molecular weight is 414 g/mol. The quantitative estimate of drug-likeness (QED) is 0.646. The monoisotopic (exact) mass is 414 g/mol. The first-order chi connectivity index (χ1) is 14.3. The molecule has 4 rings (SSSR count). The molecule has 1 aromatic heterocycles. The molecule has 0 saturated carbocycles. The number of aryl methyl sites for hydroxylation is 1. The number of para-hydroxylation sites is 1. The number of anilines is 1. The topological polar surface area (TPSA) is 41.4 Å². The molecular formula is C22H21F3N4O. The largest absolute Gasteiger partial charge is 0.434 e. The number of aromatic nitrogens is 2. The first-order valence-corrected chi connectivity index (χ1v) is 9.66. The van der Waals surface area contributed by atoms with E-state index in [1.54, 1.807) is 24.3 Å². The lowest BCUT2D eigenvalue weighted by Crippen LogP contribution is -2.49. The van der Waals surface area contributed by atoms with Crippen LogP contribution in [0.25, 0.3) is 5.69 Å². The number of carbonyl (C=O) groups excluding carboxylic acids is 1. The molecule has 1 fully saturated rings. The van der Waals surface area contributed by atoms with Crippen LogP contribution in [0.4, 0.5) is 18.9 Å². The van der Waals surface area contributed by atoms with Crippen molar-refractivity contribution in [1.29, 1.82) is 0 Å². The van der Waals surface area contributed by atoms with Gasteiger partial charge in [0.25, 0.3) is 5.91 Å². The molecule has 2 heterocycles. The number of hydrogen-bond donors (Lipinski definition) is 0. The summed E-state index contributed by atoms with van der Waals surface area (Å²) in [5.41, 5.74) is 0.763. The molecule has 30 heavy (non-hydrogen) atoms. The van der Waals surface area contributed by atoms with Crippen molar-refractivity contribution in [1.82, 2.24) is 14.7 Å². The smallest absolute Gasteiger partial charge is 0.368 e. The van der Waals surface area contributed by atoms with E-state index in [0.717, 1.165) is 22.1 Å². The normalized spacial score (nSPS) is 14.8. The maximum absolute atomic E-state index is 13.9. The summed E-state index contributed by atoms with van der Waals surface area (Å²) in [4.78, 5) is 16.5. The van der Waals surface area contributed by atoms with Gasteiger partial charge in [0.1, 0.15) is 0 Å². The van der Waals surface area contributed by atoms with Crippen molar-refractivity contribution in [3.8, 4) is 5.69 Å². The zero-order chi connectivity index (χ0) is 21.3. The molecule has 0 radical (unpaired) electrons. The molecule has 1 saturated heterocycles. The molecule has 0 spiro atoms. The minimum atomic E-state index is -4.71. The molecule has 0 aliphatic carbocycles. The Morgan fingerprint density at radius 2 is 1.53 bits per heavy atom. The Bertz CT molecular complexity index is 1020. The van der Waals surface area contributed by atoms with Gasteiger partial charge in [-0.3, -0.25) is 4.79 Å². The number of benzene rings is 2. The summed E-state index contributed by atoms with van der Waals surface area (Å²) in [5, 5.41) is 3.90. The molecular weight excluding hydrogens is 393 g/mol. The maximum Gasteiger partial charge on any atom is 0.434 e. The number of halogens is 3. The van der Waals surface area contributed by atoms with Crippen molar-refractivity contribution in [2.24, 2.45) is 0 Å². The third-order valence-corrected chi connectivity index (χ3v) is 5.23. The molecule has 0 N–H and O–H groups in total. The summed E-state index contributed by atoms with van der Waals surface area (Å²) in [5.74, 6) is -0.645. The van der Waals surface area contributed by atoms with Gasteiger partial charge in [-0.25, -0.2) is 4.68 Å². The highest BCUT2D eigenvalue weighted by molar-refractivity contribution is 5.95. The molecule has 3 aromatic rings. The van der Waals surface area contributed by atoms with Crippen LogP contribution in [0, 0.1) is 6.92 Å². The molecule has 156 valence electrons. The second-order valence-corrected chi connectivity index (χ2v) is 7.27. The molecule has 5 nitrogen and oxygen atoms in total. The maximum atomic E-state index is 13.9. The molecule has 8 heteroatoms. The van der Waals surface area contributed by atoms with Crippen molar-refractivity contribution in [2.75, 3.05) is 31.1 Å². The van der Waals surface area contributed by atoms with Crippen LogP contribution in [0.1, 0.15) is 21.6 Å². The number of piperazine rings is 1. The third kappa shape index (κ3) is 3.90. The third-order valence-electron chi connectivity index (χ3n) is 5.23. The lowest BCUT2D eigenvalue weighted by molar-refractivity contribution is -0.143. The van der Waals surface area contributed by atoms with E-state index in [4.69, 9.17) is 0 Å². The van der Waals surface area contributed by atoms with Gasteiger partial charge in [-0.05, 0) is 31.2 Å². The molecule has 0 atom stereocenters. The summed E-state index contributed by atoms with van der Waals surface area (Å²) in [6.45, 7) is 3.66. The highest BCUT2D eigenvalue weighted by atomic mass is 19.4. The lowest BCUT2D eigenvalue weighted by Gasteiger charge is -2.36. The standard InChI is InChI=1S/C22H21F3N4O/c1-16-7-9-18(10-8-16)29-20(22(23,24)25)19(15-26-29)21(30)28-13-11-27(12-14-28)17-5-3-2-4-6-17/h2-10,15H,11-14H2,1H3. The molecule has 1 aliphatic rings. The van der Waals surface area contributed by atoms with E-state index in [0.29, 0.717) is 26.2 Å². The molecule has 0 unspecified atom stereocenters. The van der Waals surface area contributed by atoms with E-state index in [1.807, 2.05) is 37.3 Å². The fourth-order valence-electron chi connectivity index (χ4n) is 3.64. The second kappa shape index (κ2) is 7.85. The van der Waals surface area contributed by atoms with Crippen LogP contribution in [-0.2, 0) is 6.18 Å². The Morgan fingerprint density at radius 3 is 2.13 bits per heavy atom. The van der Waals surface area contributed by atoms with Crippen LogP contribution in [0.2, 0.25) is 0 Å².